The van der Waals surface area contributed by atoms with Crippen molar-refractivity contribution in [2.75, 3.05) is 6.54 Å². The average molecular weight is 485 g/mol. The van der Waals surface area contributed by atoms with Crippen LogP contribution in [0.15, 0.2) is 17.3 Å². The third kappa shape index (κ3) is 3.34. The molecule has 6 heteroatoms. The van der Waals surface area contributed by atoms with Gasteiger partial charge in [-0.3, -0.25) is 10.2 Å². The second kappa shape index (κ2) is 8.64. The molecule has 9 atom stereocenters. The van der Waals surface area contributed by atoms with Crippen LogP contribution >= 0.6 is 12.8 Å². The standard InChI is InChI=1S/C28H41N3O.H3NS/c1-16-13-28(17(2)26-25(32-28)5-4-10-29-26)9-8-20-21-7-6-19-11-24-18(15-30-31-24)14-27(19,3)23(21)12-22(16)20;1-2/h15,17,19-21,23,25-26,29H,4-14H2,1-3H3,(H,30,31);2H,1H2. The number of aromatic nitrogens is 2. The Morgan fingerprint density at radius 2 is 2.00 bits per heavy atom. The van der Waals surface area contributed by atoms with E-state index in [9.17, 15) is 0 Å². The lowest BCUT2D eigenvalue weighted by Gasteiger charge is -2.52. The Hall–Kier alpha value is -0.820. The average Bonchev–Trinajstić information content (AvgIpc) is 3.50. The van der Waals surface area contributed by atoms with Gasteiger partial charge >= 0.3 is 0 Å². The fraction of sp³-hybridized carbons (Fsp3) is 0.821. The molecule has 1 aromatic rings. The smallest absolute Gasteiger partial charge is 0.0765 e. The molecule has 1 spiro atoms. The van der Waals surface area contributed by atoms with Crippen LogP contribution in [0.3, 0.4) is 0 Å². The van der Waals surface area contributed by atoms with E-state index in [1.807, 2.05) is 5.57 Å². The molecule has 0 radical (unpaired) electrons. The summed E-state index contributed by atoms with van der Waals surface area (Å²) < 4.78 is 6.99. The summed E-state index contributed by atoms with van der Waals surface area (Å²) in [7, 11) is 0. The number of piperidine rings is 1. The third-order valence-corrected chi connectivity index (χ3v) is 11.6. The minimum Gasteiger partial charge on any atom is -0.369 e. The molecule has 3 heterocycles. The second-order valence-electron chi connectivity index (χ2n) is 12.8. The molecule has 9 unspecified atom stereocenters. The number of aromatic amines is 1. The number of hydrogen-bond acceptors (Lipinski definition) is 5. The van der Waals surface area contributed by atoms with Crippen molar-refractivity contribution >= 4 is 12.8 Å². The number of nitrogens with one attached hydrogen (secondary N) is 2. The molecule has 4 fully saturated rings. The molecule has 5 nitrogen and oxygen atoms in total. The largest absolute Gasteiger partial charge is 0.369 e. The maximum atomic E-state index is 6.99. The van der Waals surface area contributed by atoms with E-state index in [2.05, 4.69) is 60.4 Å². The fourth-order valence-electron chi connectivity index (χ4n) is 9.83. The highest BCUT2D eigenvalue weighted by Gasteiger charge is 2.59. The molecule has 2 aliphatic heterocycles. The van der Waals surface area contributed by atoms with Crippen molar-refractivity contribution < 1.29 is 4.74 Å². The summed E-state index contributed by atoms with van der Waals surface area (Å²) in [5.74, 6) is 4.03. The zero-order valence-corrected chi connectivity index (χ0v) is 22.2. The maximum Gasteiger partial charge on any atom is 0.0765 e. The van der Waals surface area contributed by atoms with Gasteiger partial charge in [0.1, 0.15) is 0 Å². The summed E-state index contributed by atoms with van der Waals surface area (Å²) in [4.78, 5) is 0. The van der Waals surface area contributed by atoms with E-state index in [1.54, 1.807) is 5.57 Å². The van der Waals surface area contributed by atoms with E-state index in [0.717, 1.165) is 23.7 Å². The number of hydrogen-bond donors (Lipinski definition) is 4. The first-order valence-corrected chi connectivity index (χ1v) is 14.4. The third-order valence-electron chi connectivity index (χ3n) is 11.6. The van der Waals surface area contributed by atoms with Crippen molar-refractivity contribution in [3.8, 4) is 0 Å². The zero-order valence-electron chi connectivity index (χ0n) is 21.3. The van der Waals surface area contributed by atoms with Gasteiger partial charge in [-0.05, 0) is 112 Å². The quantitative estimate of drug-likeness (QED) is 0.309. The summed E-state index contributed by atoms with van der Waals surface area (Å²) in [5, 5.41) is 15.7. The Labute approximate surface area is 211 Å². The van der Waals surface area contributed by atoms with Gasteiger partial charge < -0.3 is 10.1 Å². The van der Waals surface area contributed by atoms with Gasteiger partial charge in [0.2, 0.25) is 0 Å². The number of H-pyrrole nitrogens is 1. The number of fused-ring (bicyclic) bond motifs is 7. The lowest BCUT2D eigenvalue weighted by Crippen LogP contribution is -2.47. The topological polar surface area (TPSA) is 76.0 Å². The molecular weight excluding hydrogens is 440 g/mol. The minimum atomic E-state index is 0.0846. The van der Waals surface area contributed by atoms with Crippen molar-refractivity contribution in [2.24, 2.45) is 40.1 Å². The lowest BCUT2D eigenvalue weighted by molar-refractivity contribution is -0.0696. The Morgan fingerprint density at radius 3 is 2.82 bits per heavy atom. The lowest BCUT2D eigenvalue weighted by atomic mass is 9.52. The highest BCUT2D eigenvalue weighted by Crippen LogP contribution is 2.64. The van der Waals surface area contributed by atoms with Crippen LogP contribution in [0.4, 0.5) is 0 Å². The maximum absolute atomic E-state index is 6.99. The number of allylic oxidation sites excluding steroid dienone is 1. The number of nitrogens with two attached hydrogens (primary N) is 1. The first-order chi connectivity index (χ1) is 16.5. The summed E-state index contributed by atoms with van der Waals surface area (Å²) in [5.41, 5.74) is 7.03. The van der Waals surface area contributed by atoms with Crippen molar-refractivity contribution in [3.63, 3.8) is 0 Å². The van der Waals surface area contributed by atoms with E-state index in [1.165, 1.54) is 82.0 Å². The molecule has 6 aliphatic rings. The molecule has 4 aliphatic carbocycles. The molecule has 0 aromatic carbocycles. The fourth-order valence-corrected chi connectivity index (χ4v) is 9.83. The number of thiol groups is 1. The molecule has 2 saturated carbocycles. The van der Waals surface area contributed by atoms with Crippen LogP contribution in [0.25, 0.3) is 0 Å². The second-order valence-corrected chi connectivity index (χ2v) is 12.8. The van der Waals surface area contributed by atoms with Gasteiger partial charge in [-0.1, -0.05) is 25.0 Å². The van der Waals surface area contributed by atoms with E-state index in [0.29, 0.717) is 23.5 Å². The molecule has 7 rings (SSSR count). The van der Waals surface area contributed by atoms with Crippen LogP contribution in [-0.4, -0.2) is 34.5 Å². The number of rotatable bonds is 0. The van der Waals surface area contributed by atoms with Crippen LogP contribution in [0.5, 0.6) is 0 Å². The van der Waals surface area contributed by atoms with Gasteiger partial charge in [0.15, 0.2) is 0 Å². The van der Waals surface area contributed by atoms with Gasteiger partial charge in [-0.25, -0.2) is 0 Å². The zero-order chi connectivity index (χ0) is 23.7. The molecule has 0 amide bonds. The summed E-state index contributed by atoms with van der Waals surface area (Å²) in [6.45, 7) is 8.79. The van der Waals surface area contributed by atoms with Crippen molar-refractivity contribution in [3.05, 3.63) is 28.6 Å². The van der Waals surface area contributed by atoms with Crippen LogP contribution in [0.1, 0.15) is 83.4 Å². The highest BCUT2D eigenvalue weighted by molar-refractivity contribution is 7.77. The van der Waals surface area contributed by atoms with Crippen LogP contribution < -0.4 is 10.5 Å². The number of nitrogens with zero attached hydrogens (tertiary/aromatic N) is 1. The first-order valence-electron chi connectivity index (χ1n) is 13.9. The first kappa shape index (κ1) is 23.6. The number of ether oxygens (including phenoxy) is 1. The predicted molar refractivity (Wildman–Crippen MR) is 139 cm³/mol. The normalized spacial score (nSPS) is 47.0. The SMILES string of the molecule is CC1=C2CC3C(CCC4Cc5[nH]ncc5CC43C)C2CCC2(C1)OC1CCCNC1C2C.NS. The van der Waals surface area contributed by atoms with Crippen LogP contribution in [-0.2, 0) is 17.6 Å². The summed E-state index contributed by atoms with van der Waals surface area (Å²) >= 11 is 3.03. The van der Waals surface area contributed by atoms with Gasteiger partial charge in [-0.2, -0.15) is 5.10 Å². The molecule has 4 N–H and O–H groups in total. The van der Waals surface area contributed by atoms with Gasteiger partial charge in [0.25, 0.3) is 0 Å². The van der Waals surface area contributed by atoms with Crippen molar-refractivity contribution in [1.82, 2.24) is 15.5 Å². The van der Waals surface area contributed by atoms with Gasteiger partial charge in [0, 0.05) is 17.7 Å². The van der Waals surface area contributed by atoms with Gasteiger partial charge in [-0.15, -0.1) is 12.8 Å². The summed E-state index contributed by atoms with van der Waals surface area (Å²) in [6, 6.07) is 0.577. The monoisotopic (exact) mass is 484 g/mol. The van der Waals surface area contributed by atoms with Gasteiger partial charge in [0.05, 0.1) is 17.9 Å². The Morgan fingerprint density at radius 1 is 1.15 bits per heavy atom. The Balaban J connectivity index is 0.00000106. The summed E-state index contributed by atoms with van der Waals surface area (Å²) in [6.07, 6.45) is 15.6. The molecule has 34 heavy (non-hydrogen) atoms. The van der Waals surface area contributed by atoms with Crippen molar-refractivity contribution in [2.45, 2.75) is 103 Å². The molecule has 1 aromatic heterocycles. The Bertz CT molecular complexity index is 960. The Kier molecular flexibility index (Phi) is 5.99. The van der Waals surface area contributed by atoms with E-state index < -0.39 is 0 Å². The van der Waals surface area contributed by atoms with E-state index in [-0.39, 0.29) is 5.60 Å². The molecule has 2 saturated heterocycles. The predicted octanol–water partition coefficient (Wildman–Crippen LogP) is 4.99. The van der Waals surface area contributed by atoms with Crippen LogP contribution in [0.2, 0.25) is 0 Å². The molecular formula is C28H44N4OS. The van der Waals surface area contributed by atoms with E-state index >= 15 is 0 Å². The van der Waals surface area contributed by atoms with Crippen LogP contribution in [0, 0.1) is 35.0 Å². The van der Waals surface area contributed by atoms with E-state index in [4.69, 9.17) is 4.74 Å². The highest BCUT2D eigenvalue weighted by atomic mass is 32.1. The molecule has 0 bridgehead atoms. The van der Waals surface area contributed by atoms with Crippen molar-refractivity contribution in [1.29, 1.82) is 0 Å². The minimum absolute atomic E-state index is 0.0846. The molecule has 188 valence electrons.